The molecule has 0 fully saturated rings. The third-order valence-electron chi connectivity index (χ3n) is 5.06. The van der Waals surface area contributed by atoms with Gasteiger partial charge in [0.15, 0.2) is 0 Å². The van der Waals surface area contributed by atoms with Gasteiger partial charge in [0.1, 0.15) is 10.8 Å². The van der Waals surface area contributed by atoms with Crippen LogP contribution in [0.3, 0.4) is 0 Å². The van der Waals surface area contributed by atoms with Gasteiger partial charge < -0.3 is 5.11 Å². The fraction of sp³-hybridized carbons (Fsp3) is 0.261. The highest BCUT2D eigenvalue weighted by Crippen LogP contribution is 2.38. The molecule has 0 saturated heterocycles. The minimum atomic E-state index is -4.74. The van der Waals surface area contributed by atoms with Crippen molar-refractivity contribution in [2.45, 2.75) is 43.5 Å². The lowest BCUT2D eigenvalue weighted by Gasteiger charge is -2.08. The SMILES string of the molecule is Cc1cc2sc(CCC(=O)O)nc2cc1SCc1sc(-c2ccc(C(F)(F)F)c(F)c2)nc1C. The largest absolute Gasteiger partial charge is 0.481 e. The first-order valence-corrected chi connectivity index (χ1v) is 12.7. The second-order valence-electron chi connectivity index (χ2n) is 7.60. The molecule has 0 spiro atoms. The van der Waals surface area contributed by atoms with Crippen molar-refractivity contribution in [3.63, 3.8) is 0 Å². The highest BCUT2D eigenvalue weighted by Gasteiger charge is 2.34. The van der Waals surface area contributed by atoms with Gasteiger partial charge in [-0.1, -0.05) is 6.07 Å². The Morgan fingerprint density at radius 2 is 1.88 bits per heavy atom. The van der Waals surface area contributed by atoms with Gasteiger partial charge in [0.25, 0.3) is 0 Å². The van der Waals surface area contributed by atoms with E-state index < -0.39 is 23.5 Å². The van der Waals surface area contributed by atoms with E-state index in [1.165, 1.54) is 28.7 Å². The molecule has 0 saturated carbocycles. The quantitative estimate of drug-likeness (QED) is 0.200. The van der Waals surface area contributed by atoms with E-state index in [2.05, 4.69) is 9.97 Å². The lowest BCUT2D eigenvalue weighted by molar-refractivity contribution is -0.140. The van der Waals surface area contributed by atoms with Crippen LogP contribution in [0.2, 0.25) is 0 Å². The van der Waals surface area contributed by atoms with Crippen molar-refractivity contribution in [1.82, 2.24) is 9.97 Å². The van der Waals surface area contributed by atoms with Gasteiger partial charge >= 0.3 is 12.1 Å². The minimum Gasteiger partial charge on any atom is -0.481 e. The van der Waals surface area contributed by atoms with Gasteiger partial charge in [0.05, 0.1) is 32.9 Å². The molecule has 0 atom stereocenters. The molecular formula is C23H18F4N2O2S3. The summed E-state index contributed by atoms with van der Waals surface area (Å²) in [5, 5.41) is 10.1. The highest BCUT2D eigenvalue weighted by atomic mass is 32.2. The number of aryl methyl sites for hydroxylation is 3. The van der Waals surface area contributed by atoms with Crippen molar-refractivity contribution in [3.8, 4) is 10.6 Å². The van der Waals surface area contributed by atoms with Gasteiger partial charge in [-0.25, -0.2) is 14.4 Å². The van der Waals surface area contributed by atoms with Crippen LogP contribution in [0.4, 0.5) is 17.6 Å². The predicted molar refractivity (Wildman–Crippen MR) is 127 cm³/mol. The van der Waals surface area contributed by atoms with Crippen molar-refractivity contribution in [1.29, 1.82) is 0 Å². The number of thiazole rings is 2. The highest BCUT2D eigenvalue weighted by molar-refractivity contribution is 7.98. The van der Waals surface area contributed by atoms with Crippen LogP contribution in [0.25, 0.3) is 20.8 Å². The molecule has 2 aromatic heterocycles. The van der Waals surface area contributed by atoms with Crippen LogP contribution in [0.1, 0.15) is 33.1 Å². The number of carboxylic acids is 1. The molecule has 2 aromatic carbocycles. The normalized spacial score (nSPS) is 11.9. The average Bonchev–Trinajstić information content (AvgIpc) is 3.32. The molecule has 11 heteroatoms. The zero-order valence-electron chi connectivity index (χ0n) is 18.0. The summed E-state index contributed by atoms with van der Waals surface area (Å²) in [6, 6.07) is 6.88. The van der Waals surface area contributed by atoms with E-state index in [1.54, 1.807) is 11.8 Å². The summed E-state index contributed by atoms with van der Waals surface area (Å²) in [5.74, 6) is -1.58. The zero-order chi connectivity index (χ0) is 24.6. The Morgan fingerprint density at radius 1 is 1.12 bits per heavy atom. The van der Waals surface area contributed by atoms with Crippen LogP contribution in [0, 0.1) is 19.7 Å². The summed E-state index contributed by atoms with van der Waals surface area (Å²) in [7, 11) is 0. The number of rotatable bonds is 7. The number of carboxylic acid groups (broad SMARTS) is 1. The van der Waals surface area contributed by atoms with E-state index >= 15 is 0 Å². The van der Waals surface area contributed by atoms with Crippen molar-refractivity contribution in [2.75, 3.05) is 0 Å². The van der Waals surface area contributed by atoms with Crippen molar-refractivity contribution in [3.05, 3.63) is 62.9 Å². The van der Waals surface area contributed by atoms with Gasteiger partial charge in [0.2, 0.25) is 0 Å². The molecule has 0 aliphatic rings. The van der Waals surface area contributed by atoms with Gasteiger partial charge in [-0.05, 0) is 43.7 Å². The van der Waals surface area contributed by atoms with Crippen molar-refractivity contribution < 1.29 is 27.5 Å². The molecule has 0 bridgehead atoms. The standard InChI is InChI=1S/C23H18F4N2O2S3/c1-11-7-18-16(29-20(33-18)5-6-21(30)31)9-17(11)32-10-19-12(2)28-22(34-19)13-3-4-14(15(24)8-13)23(25,26)27/h3-4,7-9H,5-6,10H2,1-2H3,(H,30,31). The summed E-state index contributed by atoms with van der Waals surface area (Å²) in [6.45, 7) is 3.82. The summed E-state index contributed by atoms with van der Waals surface area (Å²) in [6.07, 6.45) is -4.31. The predicted octanol–water partition coefficient (Wildman–Crippen LogP) is 7.50. The molecule has 4 rings (SSSR count). The third-order valence-corrected chi connectivity index (χ3v) is 8.71. The average molecular weight is 527 g/mol. The molecule has 4 aromatic rings. The van der Waals surface area contributed by atoms with Gasteiger partial charge in [-0.15, -0.1) is 34.4 Å². The summed E-state index contributed by atoms with van der Waals surface area (Å²) in [4.78, 5) is 21.8. The summed E-state index contributed by atoms with van der Waals surface area (Å²) < 4.78 is 53.5. The fourth-order valence-electron chi connectivity index (χ4n) is 3.29. The topological polar surface area (TPSA) is 63.1 Å². The number of thioether (sulfide) groups is 1. The number of hydrogen-bond acceptors (Lipinski definition) is 6. The molecule has 1 N–H and O–H groups in total. The Kier molecular flexibility index (Phi) is 6.97. The number of fused-ring (bicyclic) bond motifs is 1. The lowest BCUT2D eigenvalue weighted by Crippen LogP contribution is -2.07. The van der Waals surface area contributed by atoms with E-state index in [0.717, 1.165) is 48.4 Å². The summed E-state index contributed by atoms with van der Waals surface area (Å²) in [5.41, 5.74) is 1.65. The maximum Gasteiger partial charge on any atom is 0.419 e. The number of halogens is 4. The maximum atomic E-state index is 14.0. The van der Waals surface area contributed by atoms with Crippen molar-refractivity contribution in [2.24, 2.45) is 0 Å². The number of nitrogens with zero attached hydrogens (tertiary/aromatic N) is 2. The zero-order valence-corrected chi connectivity index (χ0v) is 20.4. The number of alkyl halides is 3. The molecule has 0 amide bonds. The number of carbonyl (C=O) groups is 1. The lowest BCUT2D eigenvalue weighted by atomic mass is 10.1. The second kappa shape index (κ2) is 9.63. The first-order valence-electron chi connectivity index (χ1n) is 10.1. The molecule has 34 heavy (non-hydrogen) atoms. The van der Waals surface area contributed by atoms with E-state index in [-0.39, 0.29) is 6.42 Å². The van der Waals surface area contributed by atoms with Crippen LogP contribution in [-0.2, 0) is 23.1 Å². The fourth-order valence-corrected chi connectivity index (χ4v) is 6.58. The monoisotopic (exact) mass is 526 g/mol. The van der Waals surface area contributed by atoms with Crippen LogP contribution < -0.4 is 0 Å². The van der Waals surface area contributed by atoms with Crippen LogP contribution in [-0.4, -0.2) is 21.0 Å². The minimum absolute atomic E-state index is 0.0379. The number of benzene rings is 2. The molecule has 0 radical (unpaired) electrons. The molecule has 0 aliphatic carbocycles. The van der Waals surface area contributed by atoms with E-state index in [9.17, 15) is 22.4 Å². The Balaban J connectivity index is 1.51. The van der Waals surface area contributed by atoms with Crippen LogP contribution >= 0.6 is 34.4 Å². The molecule has 2 heterocycles. The number of aromatic nitrogens is 2. The van der Waals surface area contributed by atoms with E-state index in [4.69, 9.17) is 5.11 Å². The van der Waals surface area contributed by atoms with Crippen LogP contribution in [0.15, 0.2) is 35.2 Å². The first kappa shape index (κ1) is 24.6. The molecule has 0 aliphatic heterocycles. The van der Waals surface area contributed by atoms with E-state index in [1.807, 2.05) is 26.0 Å². The summed E-state index contributed by atoms with van der Waals surface area (Å²) >= 11 is 4.41. The molecule has 178 valence electrons. The molecule has 0 unspecified atom stereocenters. The van der Waals surface area contributed by atoms with Crippen LogP contribution in [0.5, 0.6) is 0 Å². The Bertz CT molecular complexity index is 1380. The Hall–Kier alpha value is -2.50. The second-order valence-corrected chi connectivity index (χ2v) is 10.8. The molecule has 4 nitrogen and oxygen atoms in total. The number of hydrogen-bond donors (Lipinski definition) is 1. The maximum absolute atomic E-state index is 14.0. The Labute approximate surface area is 204 Å². The number of aliphatic carboxylic acids is 1. The first-order chi connectivity index (χ1) is 16.0. The van der Waals surface area contributed by atoms with Gasteiger partial charge in [0, 0.05) is 27.5 Å². The Morgan fingerprint density at radius 3 is 2.56 bits per heavy atom. The smallest absolute Gasteiger partial charge is 0.419 e. The van der Waals surface area contributed by atoms with Gasteiger partial charge in [-0.2, -0.15) is 13.2 Å². The molecular weight excluding hydrogens is 508 g/mol. The van der Waals surface area contributed by atoms with Gasteiger partial charge in [-0.3, -0.25) is 4.79 Å². The van der Waals surface area contributed by atoms with Crippen molar-refractivity contribution >= 4 is 50.6 Å². The van der Waals surface area contributed by atoms with E-state index in [0.29, 0.717) is 22.7 Å². The third kappa shape index (κ3) is 5.42.